The molecule has 1 aliphatic rings. The lowest BCUT2D eigenvalue weighted by Crippen LogP contribution is -2.14. The van der Waals surface area contributed by atoms with Gasteiger partial charge in [-0.2, -0.15) is 0 Å². The van der Waals surface area contributed by atoms with E-state index in [1.807, 2.05) is 0 Å². The summed E-state index contributed by atoms with van der Waals surface area (Å²) in [5, 5.41) is 0. The Hall–Kier alpha value is -0.715. The van der Waals surface area contributed by atoms with Crippen LogP contribution in [0.25, 0.3) is 0 Å². The van der Waals surface area contributed by atoms with E-state index in [4.69, 9.17) is 0 Å². The van der Waals surface area contributed by atoms with Gasteiger partial charge >= 0.3 is 0 Å². The number of fused-ring (bicyclic) bond motifs is 1. The maximum Gasteiger partial charge on any atom is 0.139 e. The quantitative estimate of drug-likeness (QED) is 0.497. The summed E-state index contributed by atoms with van der Waals surface area (Å²) in [7, 11) is 2.18. The second-order valence-corrected chi connectivity index (χ2v) is 4.54. The van der Waals surface area contributed by atoms with Gasteiger partial charge in [-0.25, -0.2) is 0 Å². The third kappa shape index (κ3) is 1.08. The Bertz CT molecular complexity index is 313. The molecule has 0 aliphatic heterocycles. The topological polar surface area (TPSA) is 0 Å². The first-order chi connectivity index (χ1) is 5.59. The van der Waals surface area contributed by atoms with Crippen LogP contribution in [0.15, 0.2) is 18.2 Å². The summed E-state index contributed by atoms with van der Waals surface area (Å²) in [5.74, 6) is 0. The summed E-state index contributed by atoms with van der Waals surface area (Å²) >= 11 is 0. The van der Waals surface area contributed by atoms with Crippen molar-refractivity contribution in [3.05, 3.63) is 29.3 Å². The van der Waals surface area contributed by atoms with Crippen molar-refractivity contribution in [3.63, 3.8) is 0 Å². The molecule has 0 heterocycles. The van der Waals surface area contributed by atoms with E-state index in [1.54, 1.807) is 11.1 Å². The molecule has 0 saturated carbocycles. The van der Waals surface area contributed by atoms with Crippen molar-refractivity contribution in [3.8, 4) is 0 Å². The van der Waals surface area contributed by atoms with Crippen LogP contribution in [0.4, 0.5) is 0 Å². The van der Waals surface area contributed by atoms with Crippen molar-refractivity contribution in [2.75, 3.05) is 0 Å². The SMILES string of the molecule is Bc1ccc2c(c1)C(C)(C)CC2. The minimum absolute atomic E-state index is 0.418. The Morgan fingerprint density at radius 1 is 1.33 bits per heavy atom. The van der Waals surface area contributed by atoms with E-state index in [1.165, 1.54) is 18.3 Å². The second kappa shape index (κ2) is 2.38. The van der Waals surface area contributed by atoms with Gasteiger partial charge in [0.2, 0.25) is 0 Å². The summed E-state index contributed by atoms with van der Waals surface area (Å²) in [6.07, 6.45) is 2.58. The highest BCUT2D eigenvalue weighted by Gasteiger charge is 2.28. The van der Waals surface area contributed by atoms with Gasteiger partial charge < -0.3 is 0 Å². The summed E-state index contributed by atoms with van der Waals surface area (Å²) in [4.78, 5) is 0. The molecule has 2 rings (SSSR count). The zero-order valence-electron chi connectivity index (χ0n) is 8.15. The molecule has 1 aromatic rings. The van der Waals surface area contributed by atoms with Crippen molar-refractivity contribution < 1.29 is 0 Å². The molecule has 1 aliphatic carbocycles. The molecule has 62 valence electrons. The number of hydrogen-bond donors (Lipinski definition) is 0. The molecule has 0 N–H and O–H groups in total. The van der Waals surface area contributed by atoms with E-state index in [0.29, 0.717) is 5.41 Å². The van der Waals surface area contributed by atoms with Crippen LogP contribution in [0.1, 0.15) is 31.4 Å². The first-order valence-electron chi connectivity index (χ1n) is 4.70. The Morgan fingerprint density at radius 3 is 2.83 bits per heavy atom. The first kappa shape index (κ1) is 7.91. The van der Waals surface area contributed by atoms with Crippen LogP contribution >= 0.6 is 0 Å². The largest absolute Gasteiger partial charge is 0.139 e. The summed E-state index contributed by atoms with van der Waals surface area (Å²) < 4.78 is 0. The standard InChI is InChI=1S/C11H15B/c1-11(2)6-5-8-3-4-9(12)7-10(8)11/h3-4,7H,5-6,12H2,1-2H3. The Balaban J connectivity index is 2.57. The molecule has 0 nitrogen and oxygen atoms in total. The van der Waals surface area contributed by atoms with E-state index in [-0.39, 0.29) is 0 Å². The second-order valence-electron chi connectivity index (χ2n) is 4.54. The van der Waals surface area contributed by atoms with E-state index in [0.717, 1.165) is 0 Å². The fourth-order valence-electron chi connectivity index (χ4n) is 2.12. The summed E-state index contributed by atoms with van der Waals surface area (Å²) in [6, 6.07) is 6.86. The molecule has 0 amide bonds. The van der Waals surface area contributed by atoms with Gasteiger partial charge in [0.15, 0.2) is 0 Å². The minimum atomic E-state index is 0.418. The minimum Gasteiger partial charge on any atom is -0.0887 e. The molecule has 0 spiro atoms. The molecule has 1 aromatic carbocycles. The molecule has 0 fully saturated rings. The molecule has 0 saturated heterocycles. The molecule has 0 atom stereocenters. The zero-order valence-corrected chi connectivity index (χ0v) is 8.15. The van der Waals surface area contributed by atoms with Crippen LogP contribution in [0.3, 0.4) is 0 Å². The highest BCUT2D eigenvalue weighted by molar-refractivity contribution is 6.32. The molecule has 1 heteroatoms. The van der Waals surface area contributed by atoms with Crippen molar-refractivity contribution in [2.45, 2.75) is 32.1 Å². The lowest BCUT2D eigenvalue weighted by Gasteiger charge is -2.19. The summed E-state index contributed by atoms with van der Waals surface area (Å²) in [6.45, 7) is 4.69. The Morgan fingerprint density at radius 2 is 2.08 bits per heavy atom. The smallest absolute Gasteiger partial charge is 0.0887 e. The van der Waals surface area contributed by atoms with Gasteiger partial charge in [0.1, 0.15) is 7.85 Å². The Labute approximate surface area is 75.4 Å². The van der Waals surface area contributed by atoms with Crippen molar-refractivity contribution >= 4 is 13.3 Å². The van der Waals surface area contributed by atoms with Crippen molar-refractivity contribution in [1.29, 1.82) is 0 Å². The molecule has 12 heavy (non-hydrogen) atoms. The van der Waals surface area contributed by atoms with Crippen LogP contribution in [-0.4, -0.2) is 7.85 Å². The normalized spacial score (nSPS) is 19.2. The highest BCUT2D eigenvalue weighted by Crippen LogP contribution is 2.37. The Kier molecular flexibility index (Phi) is 1.57. The van der Waals surface area contributed by atoms with Crippen LogP contribution in [0.5, 0.6) is 0 Å². The predicted octanol–water partition coefficient (Wildman–Crippen LogP) is 1.17. The van der Waals surface area contributed by atoms with Gasteiger partial charge in [0.05, 0.1) is 0 Å². The highest BCUT2D eigenvalue weighted by atomic mass is 14.3. The average molecular weight is 158 g/mol. The maximum atomic E-state index is 2.35. The molecular weight excluding hydrogens is 143 g/mol. The fourth-order valence-corrected chi connectivity index (χ4v) is 2.12. The van der Waals surface area contributed by atoms with Crippen molar-refractivity contribution in [2.24, 2.45) is 0 Å². The van der Waals surface area contributed by atoms with Crippen LogP contribution < -0.4 is 5.46 Å². The van der Waals surface area contributed by atoms with Gasteiger partial charge in [-0.05, 0) is 29.4 Å². The van der Waals surface area contributed by atoms with E-state index in [9.17, 15) is 0 Å². The first-order valence-corrected chi connectivity index (χ1v) is 4.70. The third-order valence-electron chi connectivity index (χ3n) is 3.01. The van der Waals surface area contributed by atoms with Gasteiger partial charge in [-0.1, -0.05) is 37.5 Å². The number of rotatable bonds is 0. The van der Waals surface area contributed by atoms with Crippen LogP contribution in [-0.2, 0) is 11.8 Å². The molecule has 0 radical (unpaired) electrons. The molecular formula is C11H15B. The van der Waals surface area contributed by atoms with Crippen molar-refractivity contribution in [1.82, 2.24) is 0 Å². The molecule has 0 unspecified atom stereocenters. The van der Waals surface area contributed by atoms with Gasteiger partial charge in [-0.15, -0.1) is 0 Å². The molecule has 0 bridgehead atoms. The summed E-state index contributed by atoms with van der Waals surface area (Å²) in [5.41, 5.74) is 4.94. The van der Waals surface area contributed by atoms with E-state index < -0.39 is 0 Å². The van der Waals surface area contributed by atoms with E-state index >= 15 is 0 Å². The lowest BCUT2D eigenvalue weighted by molar-refractivity contribution is 0.522. The average Bonchev–Trinajstić information content (AvgIpc) is 2.28. The predicted molar refractivity (Wildman–Crippen MR) is 56.0 cm³/mol. The van der Waals surface area contributed by atoms with E-state index in [2.05, 4.69) is 39.9 Å². The third-order valence-corrected chi connectivity index (χ3v) is 3.01. The monoisotopic (exact) mass is 158 g/mol. The molecule has 0 aromatic heterocycles. The van der Waals surface area contributed by atoms with Crippen LogP contribution in [0.2, 0.25) is 0 Å². The number of aryl methyl sites for hydroxylation is 1. The van der Waals surface area contributed by atoms with Gasteiger partial charge in [0.25, 0.3) is 0 Å². The maximum absolute atomic E-state index is 2.35. The lowest BCUT2D eigenvalue weighted by atomic mass is 9.83. The number of benzene rings is 1. The van der Waals surface area contributed by atoms with Gasteiger partial charge in [0, 0.05) is 0 Å². The number of hydrogen-bond acceptors (Lipinski definition) is 0. The fraction of sp³-hybridized carbons (Fsp3) is 0.455. The zero-order chi connectivity index (χ0) is 8.77. The van der Waals surface area contributed by atoms with Crippen LogP contribution in [0, 0.1) is 0 Å². The van der Waals surface area contributed by atoms with Gasteiger partial charge in [-0.3, -0.25) is 0 Å².